The van der Waals surface area contributed by atoms with E-state index in [2.05, 4.69) is 15.9 Å². The standard InChI is InChI=1S/C22H20BrNO8S2/c1-13(2)31-20(25)12-24-21(26)19(33-22(24)27)11-14-4-9-18(17(23)10-14)32-34(28,29)16-7-5-15(30-3)6-8-16/h4-11,13H,12H2,1-3H3/b19-11-. The molecule has 2 aromatic rings. The highest BCUT2D eigenvalue weighted by atomic mass is 79.9. The van der Waals surface area contributed by atoms with E-state index in [1.54, 1.807) is 19.9 Å². The molecule has 12 heteroatoms. The molecule has 34 heavy (non-hydrogen) atoms. The van der Waals surface area contributed by atoms with Crippen molar-refractivity contribution in [1.82, 2.24) is 4.90 Å². The Morgan fingerprint density at radius 2 is 1.82 bits per heavy atom. The van der Waals surface area contributed by atoms with Gasteiger partial charge in [-0.2, -0.15) is 8.42 Å². The minimum atomic E-state index is -4.09. The maximum atomic E-state index is 12.6. The number of ether oxygens (including phenoxy) is 2. The van der Waals surface area contributed by atoms with Crippen LogP contribution in [0.25, 0.3) is 6.08 Å². The molecule has 1 fully saturated rings. The fourth-order valence-electron chi connectivity index (χ4n) is 2.80. The van der Waals surface area contributed by atoms with Crippen molar-refractivity contribution in [2.45, 2.75) is 24.8 Å². The number of imide groups is 1. The largest absolute Gasteiger partial charge is 0.497 e. The van der Waals surface area contributed by atoms with E-state index in [0.717, 1.165) is 4.90 Å². The summed E-state index contributed by atoms with van der Waals surface area (Å²) in [6.07, 6.45) is 1.10. The predicted octanol–water partition coefficient (Wildman–Crippen LogP) is 4.21. The number of carbonyl (C=O) groups excluding carboxylic acids is 3. The topological polar surface area (TPSA) is 116 Å². The fourth-order valence-corrected chi connectivity index (χ4v) is 5.17. The molecule has 9 nitrogen and oxygen atoms in total. The van der Waals surface area contributed by atoms with Crippen LogP contribution in [0.5, 0.6) is 11.5 Å². The van der Waals surface area contributed by atoms with Gasteiger partial charge in [-0.1, -0.05) is 6.07 Å². The van der Waals surface area contributed by atoms with Crippen LogP contribution in [0.1, 0.15) is 19.4 Å². The molecule has 1 aliphatic heterocycles. The van der Waals surface area contributed by atoms with Crippen molar-refractivity contribution in [3.63, 3.8) is 0 Å². The SMILES string of the molecule is COc1ccc(S(=O)(=O)Oc2ccc(/C=C3\SC(=O)N(CC(=O)OC(C)C)C3=O)cc2Br)cc1. The van der Waals surface area contributed by atoms with Crippen molar-refractivity contribution in [1.29, 1.82) is 0 Å². The van der Waals surface area contributed by atoms with Gasteiger partial charge in [0.05, 0.1) is 22.6 Å². The third-order valence-corrected chi connectivity index (χ3v) is 7.10. The monoisotopic (exact) mass is 569 g/mol. The molecule has 0 aromatic heterocycles. The molecule has 0 bridgehead atoms. The molecule has 0 saturated carbocycles. The van der Waals surface area contributed by atoms with Crippen molar-refractivity contribution in [3.8, 4) is 11.5 Å². The van der Waals surface area contributed by atoms with Crippen LogP contribution >= 0.6 is 27.7 Å². The molecular weight excluding hydrogens is 550 g/mol. The van der Waals surface area contributed by atoms with E-state index in [9.17, 15) is 22.8 Å². The number of methoxy groups -OCH3 is 1. The van der Waals surface area contributed by atoms with Crippen LogP contribution in [0.3, 0.4) is 0 Å². The van der Waals surface area contributed by atoms with Crippen LogP contribution < -0.4 is 8.92 Å². The number of esters is 1. The lowest BCUT2D eigenvalue weighted by molar-refractivity contribution is -0.149. The van der Waals surface area contributed by atoms with Gasteiger partial charge in [0.1, 0.15) is 17.2 Å². The number of carbonyl (C=O) groups is 3. The second-order valence-corrected chi connectivity index (χ2v) is 10.6. The first-order chi connectivity index (χ1) is 16.0. The lowest BCUT2D eigenvalue weighted by Gasteiger charge is -2.13. The number of hydrogen-bond donors (Lipinski definition) is 0. The van der Waals surface area contributed by atoms with Crippen LogP contribution in [-0.2, 0) is 24.4 Å². The summed E-state index contributed by atoms with van der Waals surface area (Å²) in [7, 11) is -2.62. The molecule has 0 N–H and O–H groups in total. The summed E-state index contributed by atoms with van der Waals surface area (Å²) in [5.74, 6) is -0.752. The number of nitrogens with zero attached hydrogens (tertiary/aromatic N) is 1. The lowest BCUT2D eigenvalue weighted by Crippen LogP contribution is -2.35. The molecular formula is C22H20BrNO8S2. The van der Waals surface area contributed by atoms with Crippen LogP contribution in [0, 0.1) is 0 Å². The average molecular weight is 570 g/mol. The normalized spacial score (nSPS) is 15.2. The number of amides is 2. The van der Waals surface area contributed by atoms with Crippen molar-refractivity contribution in [2.24, 2.45) is 0 Å². The second kappa shape index (κ2) is 10.6. The zero-order chi connectivity index (χ0) is 25.0. The van der Waals surface area contributed by atoms with Gasteiger partial charge in [0.2, 0.25) is 0 Å². The van der Waals surface area contributed by atoms with Crippen LogP contribution in [0.15, 0.2) is 56.7 Å². The van der Waals surface area contributed by atoms with Gasteiger partial charge in [0.25, 0.3) is 11.1 Å². The number of halogens is 1. The van der Waals surface area contributed by atoms with Crippen LogP contribution in [-0.4, -0.2) is 50.2 Å². The number of thioether (sulfide) groups is 1. The Labute approximate surface area is 209 Å². The molecule has 2 aromatic carbocycles. The Kier molecular flexibility index (Phi) is 8.05. The van der Waals surface area contributed by atoms with Crippen molar-refractivity contribution >= 4 is 61.0 Å². The molecule has 1 heterocycles. The quantitative estimate of drug-likeness (QED) is 0.261. The van der Waals surface area contributed by atoms with E-state index in [1.807, 2.05) is 0 Å². The smallest absolute Gasteiger partial charge is 0.339 e. The summed E-state index contributed by atoms with van der Waals surface area (Å²) in [6.45, 7) is 2.86. The molecule has 3 rings (SSSR count). The minimum absolute atomic E-state index is 0.0394. The summed E-state index contributed by atoms with van der Waals surface area (Å²) in [6, 6.07) is 10.2. The maximum Gasteiger partial charge on any atom is 0.339 e. The summed E-state index contributed by atoms with van der Waals surface area (Å²) >= 11 is 3.97. The number of hydrogen-bond acceptors (Lipinski definition) is 9. The zero-order valence-electron chi connectivity index (χ0n) is 18.3. The summed E-state index contributed by atoms with van der Waals surface area (Å²) < 4.78 is 40.7. The molecule has 1 saturated heterocycles. The van der Waals surface area contributed by atoms with Gasteiger partial charge >= 0.3 is 16.1 Å². The van der Waals surface area contributed by atoms with Gasteiger partial charge in [-0.15, -0.1) is 0 Å². The number of rotatable bonds is 8. The molecule has 0 aliphatic carbocycles. The molecule has 0 unspecified atom stereocenters. The fraction of sp³-hybridized carbons (Fsp3) is 0.227. The highest BCUT2D eigenvalue weighted by Gasteiger charge is 2.36. The van der Waals surface area contributed by atoms with Crippen molar-refractivity contribution in [3.05, 3.63) is 57.4 Å². The molecule has 180 valence electrons. The van der Waals surface area contributed by atoms with Gasteiger partial charge in [0, 0.05) is 0 Å². The van der Waals surface area contributed by atoms with E-state index >= 15 is 0 Å². The lowest BCUT2D eigenvalue weighted by atomic mass is 10.2. The molecule has 2 amide bonds. The van der Waals surface area contributed by atoms with Gasteiger partial charge in [-0.3, -0.25) is 19.3 Å². The van der Waals surface area contributed by atoms with E-state index in [-0.39, 0.29) is 21.7 Å². The summed E-state index contributed by atoms with van der Waals surface area (Å²) in [5.41, 5.74) is 0.510. The van der Waals surface area contributed by atoms with E-state index in [0.29, 0.717) is 27.5 Å². The third kappa shape index (κ3) is 6.19. The third-order valence-electron chi connectivity index (χ3n) is 4.33. The van der Waals surface area contributed by atoms with Crippen molar-refractivity contribution in [2.75, 3.05) is 13.7 Å². The maximum absolute atomic E-state index is 12.6. The van der Waals surface area contributed by atoms with Gasteiger partial charge in [-0.05, 0) is 89.6 Å². The molecule has 0 spiro atoms. The average Bonchev–Trinajstić information content (AvgIpc) is 3.02. The summed E-state index contributed by atoms with van der Waals surface area (Å²) in [4.78, 5) is 37.5. The minimum Gasteiger partial charge on any atom is -0.497 e. The Morgan fingerprint density at radius 1 is 1.15 bits per heavy atom. The van der Waals surface area contributed by atoms with Gasteiger partial charge in [-0.25, -0.2) is 0 Å². The highest BCUT2D eigenvalue weighted by Crippen LogP contribution is 2.34. The molecule has 1 aliphatic rings. The van der Waals surface area contributed by atoms with Crippen LogP contribution in [0.4, 0.5) is 4.79 Å². The van der Waals surface area contributed by atoms with Gasteiger partial charge < -0.3 is 13.7 Å². The Morgan fingerprint density at radius 3 is 2.41 bits per heavy atom. The Balaban J connectivity index is 1.75. The van der Waals surface area contributed by atoms with E-state index in [4.69, 9.17) is 13.7 Å². The molecule has 0 atom stereocenters. The number of benzene rings is 2. The first-order valence-electron chi connectivity index (χ1n) is 9.83. The summed E-state index contributed by atoms with van der Waals surface area (Å²) in [5, 5.41) is -0.582. The first kappa shape index (κ1) is 25.8. The van der Waals surface area contributed by atoms with E-state index < -0.39 is 33.8 Å². The predicted molar refractivity (Wildman–Crippen MR) is 129 cm³/mol. The first-order valence-corrected chi connectivity index (χ1v) is 12.8. The van der Waals surface area contributed by atoms with Crippen LogP contribution in [0.2, 0.25) is 0 Å². The second-order valence-electron chi connectivity index (χ2n) is 7.21. The highest BCUT2D eigenvalue weighted by molar-refractivity contribution is 9.10. The zero-order valence-corrected chi connectivity index (χ0v) is 21.5. The Bertz CT molecular complexity index is 1260. The van der Waals surface area contributed by atoms with E-state index in [1.165, 1.54) is 49.6 Å². The van der Waals surface area contributed by atoms with Gasteiger partial charge in [0.15, 0.2) is 5.75 Å². The Hall–Kier alpha value is -2.83. The van der Waals surface area contributed by atoms with Crippen molar-refractivity contribution < 1.29 is 36.5 Å². The molecule has 0 radical (unpaired) electrons.